The molecule has 0 aliphatic rings. The van der Waals surface area contributed by atoms with E-state index in [1.165, 1.54) is 0 Å². The monoisotopic (exact) mass is 328 g/mol. The van der Waals surface area contributed by atoms with E-state index >= 15 is 0 Å². The number of aromatic nitrogens is 2. The van der Waals surface area contributed by atoms with E-state index in [9.17, 15) is 4.79 Å². The van der Waals surface area contributed by atoms with Crippen LogP contribution in [0.2, 0.25) is 5.15 Å². The third-order valence-corrected chi connectivity index (χ3v) is 3.45. The summed E-state index contributed by atoms with van der Waals surface area (Å²) >= 11 is 9.23. The fourth-order valence-corrected chi connectivity index (χ4v) is 2.07. The molecule has 0 aliphatic heterocycles. The highest BCUT2D eigenvalue weighted by atomic mass is 79.9. The number of imidazole rings is 1. The molecule has 1 heterocycles. The molecule has 2 aromatic rings. The van der Waals surface area contributed by atoms with Crippen LogP contribution in [0.25, 0.3) is 0 Å². The Morgan fingerprint density at radius 2 is 2.33 bits per heavy atom. The molecule has 4 nitrogen and oxygen atoms in total. The molecule has 0 radical (unpaired) electrons. The number of halogens is 2. The lowest BCUT2D eigenvalue weighted by atomic mass is 10.2. The first kappa shape index (κ1) is 13.1. The molecule has 18 heavy (non-hydrogen) atoms. The molecule has 6 heteroatoms. The number of aldehydes is 1. The van der Waals surface area contributed by atoms with Gasteiger partial charge >= 0.3 is 0 Å². The van der Waals surface area contributed by atoms with Crippen molar-refractivity contribution >= 4 is 33.8 Å². The predicted octanol–water partition coefficient (Wildman–Crippen LogP) is 3.23. The smallest absolute Gasteiger partial charge is 0.150 e. The van der Waals surface area contributed by atoms with Crippen LogP contribution in [0.5, 0.6) is 5.75 Å². The lowest BCUT2D eigenvalue weighted by Crippen LogP contribution is -2.04. The zero-order chi connectivity index (χ0) is 13.1. The highest BCUT2D eigenvalue weighted by Crippen LogP contribution is 2.26. The van der Waals surface area contributed by atoms with Gasteiger partial charge in [0.2, 0.25) is 0 Å². The number of rotatable bonds is 4. The molecule has 2 rings (SSSR count). The first-order chi connectivity index (χ1) is 8.61. The van der Waals surface area contributed by atoms with Crippen molar-refractivity contribution in [2.45, 2.75) is 6.61 Å². The summed E-state index contributed by atoms with van der Waals surface area (Å²) in [6, 6.07) is 5.13. The molecule has 1 aromatic heterocycles. The van der Waals surface area contributed by atoms with Gasteiger partial charge in [-0.25, -0.2) is 4.98 Å². The van der Waals surface area contributed by atoms with Crippen molar-refractivity contribution in [2.75, 3.05) is 0 Å². The molecule has 0 amide bonds. The molecule has 0 saturated carbocycles. The van der Waals surface area contributed by atoms with Crippen molar-refractivity contribution in [3.63, 3.8) is 0 Å². The van der Waals surface area contributed by atoms with Gasteiger partial charge in [-0.2, -0.15) is 0 Å². The maximum Gasteiger partial charge on any atom is 0.150 e. The van der Waals surface area contributed by atoms with Gasteiger partial charge in [0.25, 0.3) is 0 Å². The number of carbonyl (C=O) groups excluding carboxylic acids is 1. The van der Waals surface area contributed by atoms with Gasteiger partial charge in [-0.05, 0) is 34.1 Å². The third kappa shape index (κ3) is 2.73. The van der Waals surface area contributed by atoms with E-state index in [4.69, 9.17) is 16.3 Å². The van der Waals surface area contributed by atoms with Gasteiger partial charge in [-0.3, -0.25) is 4.79 Å². The van der Waals surface area contributed by atoms with Crippen LogP contribution in [-0.2, 0) is 13.7 Å². The first-order valence-electron chi connectivity index (χ1n) is 5.15. The summed E-state index contributed by atoms with van der Waals surface area (Å²) in [6.45, 7) is 0.308. The number of benzene rings is 1. The van der Waals surface area contributed by atoms with Crippen LogP contribution >= 0.6 is 27.5 Å². The van der Waals surface area contributed by atoms with E-state index in [1.807, 2.05) is 7.05 Å². The van der Waals surface area contributed by atoms with E-state index in [0.29, 0.717) is 23.1 Å². The molecule has 0 atom stereocenters. The van der Waals surface area contributed by atoms with Crippen molar-refractivity contribution in [3.05, 3.63) is 45.4 Å². The van der Waals surface area contributed by atoms with Crippen LogP contribution < -0.4 is 4.74 Å². The van der Waals surface area contributed by atoms with E-state index in [-0.39, 0.29) is 0 Å². The van der Waals surface area contributed by atoms with Crippen molar-refractivity contribution < 1.29 is 9.53 Å². The summed E-state index contributed by atoms with van der Waals surface area (Å²) in [5, 5.41) is 0.559. The lowest BCUT2D eigenvalue weighted by Gasteiger charge is -2.08. The fourth-order valence-electron chi connectivity index (χ4n) is 1.41. The van der Waals surface area contributed by atoms with Crippen LogP contribution in [0.15, 0.2) is 28.9 Å². The molecule has 0 aliphatic carbocycles. The third-order valence-electron chi connectivity index (χ3n) is 2.48. The number of ether oxygens (including phenoxy) is 1. The molecule has 0 N–H and O–H groups in total. The number of carbonyl (C=O) groups is 1. The second kappa shape index (κ2) is 5.54. The quantitative estimate of drug-likeness (QED) is 0.809. The van der Waals surface area contributed by atoms with Gasteiger partial charge in [0.05, 0.1) is 10.7 Å². The SMILES string of the molecule is Cn1c(Cl)cnc1COc1ccc(C=O)cc1Br. The largest absolute Gasteiger partial charge is 0.484 e. The average Bonchev–Trinajstić information content (AvgIpc) is 2.68. The normalized spacial score (nSPS) is 10.4. The highest BCUT2D eigenvalue weighted by Gasteiger charge is 2.07. The fraction of sp³-hybridized carbons (Fsp3) is 0.167. The number of nitrogens with zero attached hydrogens (tertiary/aromatic N) is 2. The van der Waals surface area contributed by atoms with Gasteiger partial charge in [-0.1, -0.05) is 11.6 Å². The van der Waals surface area contributed by atoms with Crippen LogP contribution in [0.1, 0.15) is 16.2 Å². The summed E-state index contributed by atoms with van der Waals surface area (Å²) in [5.74, 6) is 1.38. The molecular formula is C12H10BrClN2O2. The molecule has 0 bridgehead atoms. The van der Waals surface area contributed by atoms with E-state index in [0.717, 1.165) is 16.6 Å². The molecule has 0 fully saturated rings. The average molecular weight is 330 g/mol. The first-order valence-corrected chi connectivity index (χ1v) is 6.32. The minimum Gasteiger partial charge on any atom is -0.484 e. The molecule has 0 spiro atoms. The Bertz CT molecular complexity index is 583. The van der Waals surface area contributed by atoms with E-state index in [2.05, 4.69) is 20.9 Å². The lowest BCUT2D eigenvalue weighted by molar-refractivity contribution is 0.112. The molecule has 0 saturated heterocycles. The predicted molar refractivity (Wildman–Crippen MR) is 72.1 cm³/mol. The Hall–Kier alpha value is -1.33. The van der Waals surface area contributed by atoms with E-state index in [1.54, 1.807) is 29.0 Å². The van der Waals surface area contributed by atoms with Crippen LogP contribution in [0, 0.1) is 0 Å². The van der Waals surface area contributed by atoms with Gasteiger partial charge in [0.1, 0.15) is 29.6 Å². The van der Waals surface area contributed by atoms with Crippen LogP contribution in [-0.4, -0.2) is 15.8 Å². The zero-order valence-corrected chi connectivity index (χ0v) is 11.9. The van der Waals surface area contributed by atoms with Gasteiger partial charge in [-0.15, -0.1) is 0 Å². The summed E-state index contributed by atoms with van der Waals surface area (Å²) in [5.41, 5.74) is 0.592. The summed E-state index contributed by atoms with van der Waals surface area (Å²) in [4.78, 5) is 14.7. The molecule has 94 valence electrons. The summed E-state index contributed by atoms with van der Waals surface area (Å²) in [6.07, 6.45) is 2.36. The standard InChI is InChI=1S/C12H10BrClN2O2/c1-16-11(14)5-15-12(16)7-18-10-3-2-8(6-17)4-9(10)13/h2-6H,7H2,1H3. The van der Waals surface area contributed by atoms with E-state index < -0.39 is 0 Å². The Balaban J connectivity index is 2.11. The maximum absolute atomic E-state index is 10.6. The van der Waals surface area contributed by atoms with Gasteiger partial charge in [0.15, 0.2) is 0 Å². The summed E-state index contributed by atoms with van der Waals surface area (Å²) < 4.78 is 8.09. The van der Waals surface area contributed by atoms with Gasteiger partial charge < -0.3 is 9.30 Å². The summed E-state index contributed by atoms with van der Waals surface area (Å²) in [7, 11) is 1.82. The zero-order valence-electron chi connectivity index (χ0n) is 9.56. The molecular weight excluding hydrogens is 320 g/mol. The Labute approximate surface area is 118 Å². The van der Waals surface area contributed by atoms with Crippen molar-refractivity contribution in [1.29, 1.82) is 0 Å². The maximum atomic E-state index is 10.6. The van der Waals surface area contributed by atoms with Gasteiger partial charge in [0, 0.05) is 12.6 Å². The van der Waals surface area contributed by atoms with Crippen molar-refractivity contribution in [3.8, 4) is 5.75 Å². The topological polar surface area (TPSA) is 44.1 Å². The molecule has 0 unspecified atom stereocenters. The van der Waals surface area contributed by atoms with Crippen LogP contribution in [0.4, 0.5) is 0 Å². The van der Waals surface area contributed by atoms with Crippen LogP contribution in [0.3, 0.4) is 0 Å². The Morgan fingerprint density at radius 3 is 2.89 bits per heavy atom. The highest BCUT2D eigenvalue weighted by molar-refractivity contribution is 9.10. The van der Waals surface area contributed by atoms with Crippen molar-refractivity contribution in [1.82, 2.24) is 9.55 Å². The van der Waals surface area contributed by atoms with Crippen molar-refractivity contribution in [2.24, 2.45) is 7.05 Å². The second-order valence-corrected chi connectivity index (χ2v) is 4.89. The Morgan fingerprint density at radius 1 is 1.56 bits per heavy atom. The number of hydrogen-bond donors (Lipinski definition) is 0. The second-order valence-electron chi connectivity index (χ2n) is 3.65. The number of hydrogen-bond acceptors (Lipinski definition) is 3. The minimum atomic E-state index is 0.308. The minimum absolute atomic E-state index is 0.308. The molecule has 1 aromatic carbocycles. The Kier molecular flexibility index (Phi) is 4.04.